The Hall–Kier alpha value is -2.20. The minimum Gasteiger partial charge on any atom is -0.465 e. The first-order chi connectivity index (χ1) is 11.9. The van der Waals surface area contributed by atoms with Crippen LogP contribution in [0.4, 0.5) is 0 Å². The van der Waals surface area contributed by atoms with Crippen molar-refractivity contribution in [2.45, 2.75) is 37.6 Å². The highest BCUT2D eigenvalue weighted by Gasteiger charge is 2.46. The molecule has 25 heavy (non-hydrogen) atoms. The molecule has 1 aromatic rings. The van der Waals surface area contributed by atoms with E-state index >= 15 is 0 Å². The highest BCUT2D eigenvalue weighted by Crippen LogP contribution is 2.27. The summed E-state index contributed by atoms with van der Waals surface area (Å²) in [5.74, 6) is -1.01. The molecule has 0 aliphatic carbocycles. The van der Waals surface area contributed by atoms with Crippen molar-refractivity contribution in [1.29, 1.82) is 0 Å². The lowest BCUT2D eigenvalue weighted by atomic mass is 9.97. The normalized spacial score (nSPS) is 28.9. The zero-order valence-electron chi connectivity index (χ0n) is 13.8. The van der Waals surface area contributed by atoms with E-state index in [1.165, 1.54) is 26.2 Å². The van der Waals surface area contributed by atoms with Crippen molar-refractivity contribution in [3.63, 3.8) is 0 Å². The zero-order valence-corrected chi connectivity index (χ0v) is 13.8. The maximum absolute atomic E-state index is 11.8. The topological polar surface area (TPSA) is 135 Å². The van der Waals surface area contributed by atoms with E-state index in [2.05, 4.69) is 10.1 Å². The molecule has 2 rings (SSSR count). The third-order valence-corrected chi connectivity index (χ3v) is 3.79. The van der Waals surface area contributed by atoms with Crippen LogP contribution in [0.3, 0.4) is 0 Å². The van der Waals surface area contributed by atoms with Gasteiger partial charge in [-0.05, 0) is 12.1 Å². The van der Waals surface area contributed by atoms with Crippen LogP contribution >= 0.6 is 0 Å². The van der Waals surface area contributed by atoms with Gasteiger partial charge in [0.15, 0.2) is 0 Å². The maximum Gasteiger partial charge on any atom is 0.341 e. The summed E-state index contributed by atoms with van der Waals surface area (Å²) >= 11 is 0. The first-order valence-electron chi connectivity index (χ1n) is 7.62. The standard InChI is InChI=1S/C16H21NO8/c1-8(19)17-12-14(21)13(20)11(7-18)25-16(12)24-10-6-4-3-5-9(10)15(22)23-2/h3-6,11-14,16,18,20-21H,7H2,1-2H3,(H,17,19)/t11-,12-,13+,14+,16-/m1/s1. The summed E-state index contributed by atoms with van der Waals surface area (Å²) in [5.41, 5.74) is 0.122. The van der Waals surface area contributed by atoms with E-state index in [4.69, 9.17) is 9.47 Å². The number of hydrogen-bond acceptors (Lipinski definition) is 8. The number of esters is 1. The number of aliphatic hydroxyl groups excluding tert-OH is 3. The molecule has 9 heteroatoms. The Morgan fingerprint density at radius 1 is 1.24 bits per heavy atom. The Morgan fingerprint density at radius 3 is 2.52 bits per heavy atom. The van der Waals surface area contributed by atoms with Gasteiger partial charge in [0.25, 0.3) is 0 Å². The lowest BCUT2D eigenvalue weighted by Gasteiger charge is -2.42. The van der Waals surface area contributed by atoms with E-state index in [1.54, 1.807) is 12.1 Å². The van der Waals surface area contributed by atoms with E-state index in [0.29, 0.717) is 0 Å². The molecule has 1 aliphatic heterocycles. The number of carbonyl (C=O) groups excluding carboxylic acids is 2. The third-order valence-electron chi connectivity index (χ3n) is 3.79. The second-order valence-electron chi connectivity index (χ2n) is 5.54. The second kappa shape index (κ2) is 8.26. The molecule has 4 N–H and O–H groups in total. The van der Waals surface area contributed by atoms with Crippen LogP contribution in [0.2, 0.25) is 0 Å². The lowest BCUT2D eigenvalue weighted by molar-refractivity contribution is -0.244. The zero-order chi connectivity index (χ0) is 18.6. The van der Waals surface area contributed by atoms with Crippen molar-refractivity contribution < 1.29 is 39.1 Å². The fraction of sp³-hybridized carbons (Fsp3) is 0.500. The van der Waals surface area contributed by atoms with Crippen LogP contribution in [0.1, 0.15) is 17.3 Å². The van der Waals surface area contributed by atoms with E-state index in [1.807, 2.05) is 0 Å². The Labute approximate surface area is 144 Å². The Morgan fingerprint density at radius 2 is 1.92 bits per heavy atom. The number of carbonyl (C=O) groups is 2. The first kappa shape index (κ1) is 19.1. The molecule has 1 amide bonds. The predicted octanol–water partition coefficient (Wildman–Crippen LogP) is -1.20. The first-order valence-corrected chi connectivity index (χ1v) is 7.62. The van der Waals surface area contributed by atoms with Crippen molar-refractivity contribution in [3.8, 4) is 5.75 Å². The minimum absolute atomic E-state index is 0.106. The molecular weight excluding hydrogens is 334 g/mol. The van der Waals surface area contributed by atoms with Crippen LogP contribution in [0.25, 0.3) is 0 Å². The summed E-state index contributed by atoms with van der Waals surface area (Å²) in [6.45, 7) is 0.667. The van der Waals surface area contributed by atoms with E-state index in [-0.39, 0.29) is 11.3 Å². The van der Waals surface area contributed by atoms with Crippen LogP contribution < -0.4 is 10.1 Å². The van der Waals surface area contributed by atoms with Gasteiger partial charge in [-0.1, -0.05) is 12.1 Å². The van der Waals surface area contributed by atoms with Gasteiger partial charge in [0.05, 0.1) is 13.7 Å². The van der Waals surface area contributed by atoms with Gasteiger partial charge in [0.2, 0.25) is 12.2 Å². The molecule has 1 saturated heterocycles. The van der Waals surface area contributed by atoms with Crippen molar-refractivity contribution in [3.05, 3.63) is 29.8 Å². The number of para-hydroxylation sites is 1. The van der Waals surface area contributed by atoms with Crippen molar-refractivity contribution >= 4 is 11.9 Å². The molecule has 0 saturated carbocycles. The highest BCUT2D eigenvalue weighted by atomic mass is 16.7. The SMILES string of the molecule is COC(=O)c1ccccc1O[C@@H]1O[C@H](CO)[C@H](O)[C@@H](O)[C@H]1NC(C)=O. The lowest BCUT2D eigenvalue weighted by Crippen LogP contribution is -2.65. The molecular formula is C16H21NO8. The summed E-state index contributed by atoms with van der Waals surface area (Å²) in [4.78, 5) is 23.2. The van der Waals surface area contributed by atoms with Crippen molar-refractivity contribution in [2.75, 3.05) is 13.7 Å². The molecule has 0 spiro atoms. The van der Waals surface area contributed by atoms with Crippen LogP contribution in [0.15, 0.2) is 24.3 Å². The summed E-state index contributed by atoms with van der Waals surface area (Å²) < 4.78 is 15.8. The smallest absolute Gasteiger partial charge is 0.341 e. The Bertz CT molecular complexity index is 622. The highest BCUT2D eigenvalue weighted by molar-refractivity contribution is 5.92. The van der Waals surface area contributed by atoms with Gasteiger partial charge in [0, 0.05) is 6.92 Å². The molecule has 9 nitrogen and oxygen atoms in total. The molecule has 1 aromatic carbocycles. The van der Waals surface area contributed by atoms with Gasteiger partial charge < -0.3 is 34.8 Å². The molecule has 138 valence electrons. The van der Waals surface area contributed by atoms with Crippen LogP contribution in [-0.4, -0.2) is 71.6 Å². The number of benzene rings is 1. The van der Waals surface area contributed by atoms with E-state index < -0.39 is 49.1 Å². The van der Waals surface area contributed by atoms with Gasteiger partial charge in [-0.2, -0.15) is 0 Å². The second-order valence-corrected chi connectivity index (χ2v) is 5.54. The summed E-state index contributed by atoms with van der Waals surface area (Å²) in [7, 11) is 1.22. The third kappa shape index (κ3) is 4.26. The van der Waals surface area contributed by atoms with Gasteiger partial charge >= 0.3 is 5.97 Å². The monoisotopic (exact) mass is 355 g/mol. The Kier molecular flexibility index (Phi) is 6.32. The number of nitrogens with one attached hydrogen (secondary N) is 1. The largest absolute Gasteiger partial charge is 0.465 e. The number of hydrogen-bond donors (Lipinski definition) is 4. The van der Waals surface area contributed by atoms with Crippen LogP contribution in [0, 0.1) is 0 Å². The van der Waals surface area contributed by atoms with Crippen LogP contribution in [-0.2, 0) is 14.3 Å². The quantitative estimate of drug-likeness (QED) is 0.484. The molecule has 1 aliphatic rings. The van der Waals surface area contributed by atoms with Crippen LogP contribution in [0.5, 0.6) is 5.75 Å². The molecule has 0 unspecified atom stereocenters. The van der Waals surface area contributed by atoms with Gasteiger partial charge in [-0.15, -0.1) is 0 Å². The number of aliphatic hydroxyl groups is 3. The van der Waals surface area contributed by atoms with Crippen molar-refractivity contribution in [2.24, 2.45) is 0 Å². The number of methoxy groups -OCH3 is 1. The number of amides is 1. The van der Waals surface area contributed by atoms with Gasteiger partial charge in [-0.3, -0.25) is 4.79 Å². The van der Waals surface area contributed by atoms with Crippen molar-refractivity contribution in [1.82, 2.24) is 5.32 Å². The minimum atomic E-state index is -1.44. The molecule has 0 radical (unpaired) electrons. The molecule has 5 atom stereocenters. The van der Waals surface area contributed by atoms with E-state index in [0.717, 1.165) is 0 Å². The van der Waals surface area contributed by atoms with E-state index in [9.17, 15) is 24.9 Å². The molecule has 1 fully saturated rings. The Balaban J connectivity index is 2.30. The van der Waals surface area contributed by atoms with Gasteiger partial charge in [0.1, 0.15) is 35.7 Å². The fourth-order valence-corrected chi connectivity index (χ4v) is 2.54. The molecule has 0 aromatic heterocycles. The number of ether oxygens (including phenoxy) is 3. The molecule has 0 bridgehead atoms. The summed E-state index contributed by atoms with van der Waals surface area (Å²) in [5, 5.41) is 31.9. The average molecular weight is 355 g/mol. The predicted molar refractivity (Wildman–Crippen MR) is 83.8 cm³/mol. The van der Waals surface area contributed by atoms with Gasteiger partial charge in [-0.25, -0.2) is 4.79 Å². The maximum atomic E-state index is 11.8. The molecule has 1 heterocycles. The average Bonchev–Trinajstić information content (AvgIpc) is 2.60. The summed E-state index contributed by atoms with van der Waals surface area (Å²) in [6, 6.07) is 5.09. The number of rotatable bonds is 5. The fourth-order valence-electron chi connectivity index (χ4n) is 2.54. The summed E-state index contributed by atoms with van der Waals surface area (Å²) in [6.07, 6.45) is -5.22.